The van der Waals surface area contributed by atoms with E-state index in [2.05, 4.69) is 69.7 Å². The van der Waals surface area contributed by atoms with E-state index < -0.39 is 51.8 Å². The van der Waals surface area contributed by atoms with Crippen LogP contribution in [0.15, 0.2) is 403 Å². The molecule has 29 nitrogen and oxygen atoms in total. The minimum absolute atomic E-state index is 0.0791. The molecule has 0 aliphatic rings. The SMILES string of the molecule is C=C(COc1ccccc1)Nc1ccc(Oc2ccc(NC(=O)COC(C)=O)cc2)cc1.C=S(=O)(Nc1ccc(Oc2ccc(NC(=O)Cc3ccccc3)cc2)cc1)c1ccc(OC)cc1.C=S(=O)(Nc1ccc(Oc2ccc(NC(=O)c3cccc(OC)c3)cc2)cc1)c1ccc(OC)cc1.C=S(=O)(Nc1ccc(Oc2ccc(NC(=O)c3cccc([N+](=O)[O-])c3)cc2)cc1)c1ccc(OC)cc1. The van der Waals surface area contributed by atoms with Gasteiger partial charge in [0.2, 0.25) is 5.91 Å². The van der Waals surface area contributed by atoms with E-state index in [9.17, 15) is 46.7 Å². The number of esters is 1. The van der Waals surface area contributed by atoms with Crippen LogP contribution in [0.1, 0.15) is 33.2 Å². The van der Waals surface area contributed by atoms with E-state index >= 15 is 0 Å². The van der Waals surface area contributed by atoms with Crippen molar-refractivity contribution in [1.82, 2.24) is 0 Å². The van der Waals surface area contributed by atoms with Crippen molar-refractivity contribution in [3.8, 4) is 74.7 Å². The van der Waals surface area contributed by atoms with Gasteiger partial charge in [0.15, 0.2) is 6.61 Å². The highest BCUT2D eigenvalue weighted by atomic mass is 32.2. The van der Waals surface area contributed by atoms with Gasteiger partial charge in [0.25, 0.3) is 23.4 Å². The first kappa shape index (κ1) is 101. The predicted octanol–water partition coefficient (Wildman–Crippen LogP) is 22.4. The molecule has 714 valence electrons. The zero-order chi connectivity index (χ0) is 99.4. The maximum absolute atomic E-state index is 13.0. The number of ether oxygens (including phenoxy) is 10. The number of hydrogen-bond acceptors (Lipinski definition) is 21. The molecule has 15 aromatic carbocycles. The fraction of sp³-hybridized carbons (Fsp3) is 0.0741. The highest BCUT2D eigenvalue weighted by Crippen LogP contribution is 2.33. The number of nitrogens with one attached hydrogen (secondary N) is 8. The zero-order valence-electron chi connectivity index (χ0n) is 76.6. The smallest absolute Gasteiger partial charge is 0.303 e. The molecule has 8 N–H and O–H groups in total. The molecule has 15 aromatic rings. The summed E-state index contributed by atoms with van der Waals surface area (Å²) in [5, 5.41) is 25.2. The normalized spacial score (nSPS) is 11.7. The molecule has 3 unspecified atom stereocenters. The summed E-state index contributed by atoms with van der Waals surface area (Å²) in [6, 6.07) is 109. The lowest BCUT2D eigenvalue weighted by Crippen LogP contribution is -2.19. The highest BCUT2D eigenvalue weighted by Gasteiger charge is 2.18. The first-order valence-corrected chi connectivity index (χ1v) is 48.0. The number of nitrogens with zero attached hydrogens (tertiary/aromatic N) is 1. The molecule has 140 heavy (non-hydrogen) atoms. The van der Waals surface area contributed by atoms with Gasteiger partial charge in [-0.15, -0.1) is 0 Å². The zero-order valence-corrected chi connectivity index (χ0v) is 79.0. The number of nitro groups is 1. The third-order valence-electron chi connectivity index (χ3n) is 19.8. The monoisotopic (exact) mass is 1940 g/mol. The number of hydrogen-bond donors (Lipinski definition) is 8. The fourth-order valence-corrected chi connectivity index (χ4v) is 16.3. The number of benzene rings is 15. The molecule has 0 bridgehead atoms. The van der Waals surface area contributed by atoms with Crippen LogP contribution in [-0.4, -0.2) is 106 Å². The molecule has 3 atom stereocenters. The Morgan fingerprint density at radius 1 is 0.307 bits per heavy atom. The van der Waals surface area contributed by atoms with Crippen LogP contribution in [0.4, 0.5) is 51.2 Å². The molecule has 15 rings (SSSR count). The Hall–Kier alpha value is -17.8. The molecule has 0 saturated heterocycles. The van der Waals surface area contributed by atoms with Crippen molar-refractivity contribution >= 4 is 128 Å². The van der Waals surface area contributed by atoms with Crippen LogP contribution < -0.4 is 83.4 Å². The summed E-state index contributed by atoms with van der Waals surface area (Å²) in [5.41, 5.74) is 7.41. The Kier molecular flexibility index (Phi) is 35.8. The van der Waals surface area contributed by atoms with Crippen LogP contribution in [0.5, 0.6) is 74.7 Å². The van der Waals surface area contributed by atoms with Crippen molar-refractivity contribution in [1.29, 1.82) is 0 Å². The second kappa shape index (κ2) is 49.5. The molecule has 0 heterocycles. The third-order valence-corrected chi connectivity index (χ3v) is 24.6. The largest absolute Gasteiger partial charge is 0.497 e. The van der Waals surface area contributed by atoms with E-state index in [1.807, 2.05) is 84.9 Å². The average molecular weight is 1940 g/mol. The topological polar surface area (TPSA) is 368 Å². The number of carbonyl (C=O) groups excluding carboxylic acids is 5. The third kappa shape index (κ3) is 32.0. The first-order chi connectivity index (χ1) is 67.5. The van der Waals surface area contributed by atoms with Crippen LogP contribution in [-0.2, 0) is 54.7 Å². The second-order valence-electron chi connectivity index (χ2n) is 30.3. The van der Waals surface area contributed by atoms with Gasteiger partial charge < -0.3 is 88.1 Å². The maximum Gasteiger partial charge on any atom is 0.303 e. The van der Waals surface area contributed by atoms with Gasteiger partial charge in [0.05, 0.1) is 68.9 Å². The summed E-state index contributed by atoms with van der Waals surface area (Å²) in [7, 11) is -1.95. The average Bonchev–Trinajstić information content (AvgIpc) is 0.820. The molecular weight excluding hydrogens is 1840 g/mol. The van der Waals surface area contributed by atoms with Crippen LogP contribution in [0.25, 0.3) is 0 Å². The Morgan fingerprint density at radius 3 is 0.921 bits per heavy atom. The van der Waals surface area contributed by atoms with Gasteiger partial charge in [-0.2, -0.15) is 0 Å². The number of amides is 4. The van der Waals surface area contributed by atoms with Gasteiger partial charge in [0.1, 0.15) is 81.4 Å². The molecule has 0 spiro atoms. The number of methoxy groups -OCH3 is 4. The van der Waals surface area contributed by atoms with E-state index in [4.69, 9.17) is 42.6 Å². The molecule has 0 aliphatic heterocycles. The van der Waals surface area contributed by atoms with Crippen molar-refractivity contribution in [2.24, 2.45) is 0 Å². The van der Waals surface area contributed by atoms with Gasteiger partial charge in [-0.3, -0.25) is 34.1 Å². The lowest BCUT2D eigenvalue weighted by atomic mass is 10.1. The number of non-ortho nitro benzene ring substituents is 1. The van der Waals surface area contributed by atoms with Crippen molar-refractivity contribution < 1.29 is 88.9 Å². The summed E-state index contributed by atoms with van der Waals surface area (Å²) in [6.07, 6.45) is 0.317. The number of para-hydroxylation sites is 1. The quantitative estimate of drug-likeness (QED) is 0.00776. The van der Waals surface area contributed by atoms with Gasteiger partial charge in [-0.25, -0.2) is 12.6 Å². The summed E-state index contributed by atoms with van der Waals surface area (Å²) in [6.45, 7) is 5.26. The number of anilines is 8. The molecule has 0 fully saturated rings. The predicted molar refractivity (Wildman–Crippen MR) is 553 cm³/mol. The van der Waals surface area contributed by atoms with Gasteiger partial charge in [-0.1, -0.05) is 67.2 Å². The van der Waals surface area contributed by atoms with Crippen LogP contribution in [0.2, 0.25) is 0 Å². The fourth-order valence-electron chi connectivity index (χ4n) is 12.7. The van der Waals surface area contributed by atoms with E-state index in [0.717, 1.165) is 22.7 Å². The summed E-state index contributed by atoms with van der Waals surface area (Å²) < 4.78 is 102. The van der Waals surface area contributed by atoms with Crippen molar-refractivity contribution in [2.45, 2.75) is 28.0 Å². The Bertz CT molecular complexity index is 7070. The van der Waals surface area contributed by atoms with Gasteiger partial charge >= 0.3 is 5.97 Å². The van der Waals surface area contributed by atoms with Crippen molar-refractivity contribution in [3.63, 3.8) is 0 Å². The molecule has 0 aliphatic carbocycles. The minimum atomic E-state index is -2.77. The minimum Gasteiger partial charge on any atom is -0.497 e. The molecule has 0 aromatic heterocycles. The number of nitro benzene ring substituents is 1. The summed E-state index contributed by atoms with van der Waals surface area (Å²) in [4.78, 5) is 71.6. The Balaban J connectivity index is 0.000000167. The lowest BCUT2D eigenvalue weighted by Gasteiger charge is -2.14. The van der Waals surface area contributed by atoms with Crippen molar-refractivity contribution in [3.05, 3.63) is 415 Å². The lowest BCUT2D eigenvalue weighted by molar-refractivity contribution is -0.384. The van der Waals surface area contributed by atoms with Crippen molar-refractivity contribution in [2.75, 3.05) is 82.4 Å². The van der Waals surface area contributed by atoms with Crippen LogP contribution in [0, 0.1) is 10.1 Å². The first-order valence-electron chi connectivity index (χ1n) is 42.8. The van der Waals surface area contributed by atoms with Gasteiger partial charge in [0, 0.05) is 96.1 Å². The van der Waals surface area contributed by atoms with E-state index in [-0.39, 0.29) is 29.7 Å². The highest BCUT2D eigenvalue weighted by molar-refractivity contribution is 8.02. The summed E-state index contributed by atoms with van der Waals surface area (Å²) >= 11 is 0. The van der Waals surface area contributed by atoms with E-state index in [1.165, 1.54) is 31.2 Å². The molecule has 0 saturated carbocycles. The second-order valence-corrected chi connectivity index (χ2v) is 36.4. The molecular formula is C108H99N9O20S3. The molecule has 0 radical (unpaired) electrons. The molecule has 32 heteroatoms. The molecule has 4 amide bonds. The van der Waals surface area contributed by atoms with E-state index in [0.29, 0.717) is 142 Å². The van der Waals surface area contributed by atoms with Crippen LogP contribution >= 0.6 is 0 Å². The number of rotatable bonds is 37. The van der Waals surface area contributed by atoms with Crippen LogP contribution in [0.3, 0.4) is 0 Å². The Morgan fingerprint density at radius 2 is 0.593 bits per heavy atom. The van der Waals surface area contributed by atoms with E-state index in [1.54, 1.807) is 295 Å². The maximum atomic E-state index is 13.0. The number of carbonyl (C=O) groups is 5. The Labute approximate surface area is 811 Å². The van der Waals surface area contributed by atoms with Gasteiger partial charge in [-0.05, 0) is 326 Å². The summed E-state index contributed by atoms with van der Waals surface area (Å²) in [5.74, 6) is 18.1. The standard InChI is InChI=1S/C28H26N2O5S.C28H26N2O4S.C27H23N3O6S.C25H24N2O5/c1-33-23-15-17-27(18-16-23)36(3,32)30-22-9-13-25(14-10-22)35-24-11-7-21(8-12-24)29-28(31)20-5-4-6-26(19-20)34-2;1-33-24-16-18-27(19-17-24)35(2,32)30-23-10-14-26(15-11-23)34-25-12-8-22(9-13-25)29-28(31)20-21-6-4-3-5-7-21;1-35-23-14-16-26(17-15-23)37(2,34)29-21-8-12-25(13-9-21)36-24-10-6-20(7-11-24)28-27(31)19-4-3-5-22(18-19)30(32)33;1-18(16-31-22-6-4-3-5-7-22)26-20-8-12-23(13-9-20)32-24-14-10-21(11-15-24)27-25(29)17-30-19(2)28/h4-19H,3H2,1-2H3,(H,29,31)(H,30,32);3-19H,2,20H2,1H3,(H,29,31)(H,30,32);3-18H,2H2,1H3,(H,28,31)(H,29,34);3-15,26H,1,16-17H2,2H3,(H,27,29).